The molecule has 0 unspecified atom stereocenters. The molecule has 0 atom stereocenters. The van der Waals surface area contributed by atoms with E-state index in [1.165, 1.54) is 216 Å². The average molecular weight is 868 g/mol. The van der Waals surface area contributed by atoms with Crippen molar-refractivity contribution in [2.75, 3.05) is 0 Å². The van der Waals surface area contributed by atoms with Gasteiger partial charge in [0.1, 0.15) is 0 Å². The van der Waals surface area contributed by atoms with Crippen LogP contribution < -0.4 is 0 Å². The monoisotopic (exact) mass is 867 g/mol. The third-order valence-electron chi connectivity index (χ3n) is 11.9. The zero-order valence-electron chi connectivity index (χ0n) is 41.0. The van der Waals surface area contributed by atoms with Crippen LogP contribution >= 0.6 is 0 Å². The molecule has 0 aliphatic carbocycles. The van der Waals surface area contributed by atoms with Crippen molar-refractivity contribution in [3.63, 3.8) is 0 Å². The summed E-state index contributed by atoms with van der Waals surface area (Å²) in [5.74, 6) is 2.99. The van der Waals surface area contributed by atoms with E-state index in [-0.39, 0.29) is 0 Å². The van der Waals surface area contributed by atoms with E-state index in [0.717, 1.165) is 44.1 Å². The second-order valence-corrected chi connectivity index (χ2v) is 19.2. The predicted octanol–water partition coefficient (Wildman–Crippen LogP) is 19.1. The molecule has 0 bridgehead atoms. The van der Waals surface area contributed by atoms with Gasteiger partial charge in [-0.05, 0) is 116 Å². The van der Waals surface area contributed by atoms with Crippen LogP contribution in [0.4, 0.5) is 0 Å². The Morgan fingerprint density at radius 2 is 0.767 bits per heavy atom. The van der Waals surface area contributed by atoms with Crippen molar-refractivity contribution in [1.29, 1.82) is 0 Å². The summed E-state index contributed by atoms with van der Waals surface area (Å²) >= 11 is 1.99. The fraction of sp³-hybridized carbons (Fsp3) is 0.719. The van der Waals surface area contributed by atoms with Gasteiger partial charge in [0.2, 0.25) is 0 Å². The number of aryl methyl sites for hydroxylation is 4. The topological polar surface area (TPSA) is 36.4 Å². The van der Waals surface area contributed by atoms with Gasteiger partial charge in [-0.25, -0.2) is 0 Å². The Kier molecular flexibility index (Phi) is 36.9. The van der Waals surface area contributed by atoms with E-state index in [9.17, 15) is 5.53 Å². The molecule has 0 amide bonds. The summed E-state index contributed by atoms with van der Waals surface area (Å²) in [6.07, 6.45) is 39.6. The molecular formula is C57H96N2Ni. The van der Waals surface area contributed by atoms with Crippen molar-refractivity contribution in [2.24, 2.45) is 0 Å². The third-order valence-corrected chi connectivity index (χ3v) is 13.3. The summed E-state index contributed by atoms with van der Waals surface area (Å²) in [5.41, 5.74) is 21.9. The average Bonchev–Trinajstić information content (AvgIpc) is 3.25. The molecule has 0 heterocycles. The van der Waals surface area contributed by atoms with Gasteiger partial charge in [-0.2, -0.15) is 0 Å². The van der Waals surface area contributed by atoms with Gasteiger partial charge in [-0.15, -0.1) is 4.79 Å². The molecule has 2 nitrogen and oxygen atoms in total. The first-order valence-electron chi connectivity index (χ1n) is 25.8. The summed E-state index contributed by atoms with van der Waals surface area (Å²) in [7, 11) is 0. The molecule has 0 aromatic heterocycles. The van der Waals surface area contributed by atoms with Crippen molar-refractivity contribution >= 4 is 11.4 Å². The van der Waals surface area contributed by atoms with Gasteiger partial charge >= 0.3 is 96.3 Å². The van der Waals surface area contributed by atoms with Gasteiger partial charge in [0.05, 0.1) is 5.57 Å². The van der Waals surface area contributed by atoms with Crippen LogP contribution in [0.3, 0.4) is 0 Å². The van der Waals surface area contributed by atoms with Crippen LogP contribution in [0, 0.1) is 0 Å². The van der Waals surface area contributed by atoms with Gasteiger partial charge in [-0.1, -0.05) is 154 Å². The molecule has 344 valence electrons. The molecule has 0 radical (unpaired) electrons. The standard InChI is InChI=1S/C45H70N2.2C6H13.Ni/c1-7-12-17-20-21-24-29-44(37(6)36-47-46)45(42-32-38(25-15-10-4)30-39(33-42)26-16-11-5)43-34-40(27-22-18-13-8-2)31-41(35-43)28-23-19-14-9-3;2*1-3-5-6-4-2;/h30-35H,7-29H2,1-6H3;2*1,3-6H2,2H3;. The second-order valence-electron chi connectivity index (χ2n) is 17.7. The van der Waals surface area contributed by atoms with E-state index in [2.05, 4.69) is 102 Å². The molecule has 2 aromatic carbocycles. The van der Waals surface area contributed by atoms with Gasteiger partial charge < -0.3 is 5.53 Å². The van der Waals surface area contributed by atoms with Crippen LogP contribution in [0.2, 0.25) is 10.8 Å². The number of hydrogen-bond acceptors (Lipinski definition) is 0. The van der Waals surface area contributed by atoms with Crippen LogP contribution in [0.25, 0.3) is 11.1 Å². The molecule has 0 fully saturated rings. The normalized spacial score (nSPS) is 11.5. The van der Waals surface area contributed by atoms with Gasteiger partial charge in [0.15, 0.2) is 0 Å². The number of unbranched alkanes of at least 4 members (excludes halogenated alkanes) is 19. The summed E-state index contributed by atoms with van der Waals surface area (Å²) in [6, 6.07) is 15.0. The van der Waals surface area contributed by atoms with Crippen molar-refractivity contribution in [2.45, 2.75) is 265 Å². The zero-order chi connectivity index (χ0) is 43.9. The van der Waals surface area contributed by atoms with E-state index in [1.54, 1.807) is 0 Å². The predicted molar refractivity (Wildman–Crippen MR) is 266 cm³/mol. The Labute approximate surface area is 380 Å². The van der Waals surface area contributed by atoms with Gasteiger partial charge in [0.25, 0.3) is 0 Å². The molecule has 0 saturated heterocycles. The Morgan fingerprint density at radius 3 is 1.15 bits per heavy atom. The van der Waals surface area contributed by atoms with Crippen molar-refractivity contribution in [3.05, 3.63) is 86.5 Å². The van der Waals surface area contributed by atoms with Crippen LogP contribution in [0.5, 0.6) is 0 Å². The van der Waals surface area contributed by atoms with Crippen LogP contribution in [0.15, 0.2) is 47.5 Å². The van der Waals surface area contributed by atoms with Crippen LogP contribution in [0.1, 0.15) is 262 Å². The summed E-state index contributed by atoms with van der Waals surface area (Å²) in [4.78, 5) is 3.44. The summed E-state index contributed by atoms with van der Waals surface area (Å²) in [6.45, 7) is 18.1. The van der Waals surface area contributed by atoms with Crippen molar-refractivity contribution in [3.8, 4) is 0 Å². The van der Waals surface area contributed by atoms with E-state index < -0.39 is 0 Å². The quantitative estimate of drug-likeness (QED) is 0.0163. The fourth-order valence-electron chi connectivity index (χ4n) is 8.15. The molecule has 0 spiro atoms. The molecule has 60 heavy (non-hydrogen) atoms. The summed E-state index contributed by atoms with van der Waals surface area (Å²) in [5, 5.41) is 2.83. The van der Waals surface area contributed by atoms with E-state index >= 15 is 0 Å². The fourth-order valence-corrected chi connectivity index (χ4v) is 9.39. The zero-order valence-corrected chi connectivity index (χ0v) is 42.0. The second kappa shape index (κ2) is 39.7. The van der Waals surface area contributed by atoms with Crippen molar-refractivity contribution in [1.82, 2.24) is 0 Å². The van der Waals surface area contributed by atoms with E-state index in [4.69, 9.17) is 0 Å². The number of rotatable bonds is 36. The number of nitrogens with zero attached hydrogens (tertiary/aromatic N) is 2. The Bertz CT molecular complexity index is 1390. The molecule has 2 aromatic rings. The van der Waals surface area contributed by atoms with E-state index in [1.807, 2.05) is 14.4 Å². The maximum absolute atomic E-state index is 9.70. The Balaban J connectivity index is 0.00000118. The first-order valence-corrected chi connectivity index (χ1v) is 27.2. The molecule has 0 N–H and O–H groups in total. The Hall–Kier alpha value is -2.17. The first-order chi connectivity index (χ1) is 29.4. The molecular weight excluding hydrogens is 771 g/mol. The molecule has 2 rings (SSSR count). The van der Waals surface area contributed by atoms with Gasteiger partial charge in [-0.3, -0.25) is 0 Å². The third kappa shape index (κ3) is 27.0. The van der Waals surface area contributed by atoms with Gasteiger partial charge in [0, 0.05) is 0 Å². The Morgan fingerprint density at radius 1 is 0.433 bits per heavy atom. The van der Waals surface area contributed by atoms with E-state index in [0.29, 0.717) is 0 Å². The minimum atomic E-state index is 0.961. The van der Waals surface area contributed by atoms with Crippen LogP contribution in [-0.4, -0.2) is 10.7 Å². The minimum absolute atomic E-state index is 0.961. The number of hydrogen-bond donors (Lipinski definition) is 0. The number of benzene rings is 2. The summed E-state index contributed by atoms with van der Waals surface area (Å²) < 4.78 is 0. The van der Waals surface area contributed by atoms with Crippen molar-refractivity contribution < 1.29 is 19.2 Å². The first kappa shape index (κ1) is 55.9. The molecule has 3 heteroatoms. The van der Waals surface area contributed by atoms with Crippen LogP contribution in [-0.2, 0) is 40.1 Å². The maximum atomic E-state index is 9.70. The molecule has 0 aliphatic rings. The number of allylic oxidation sites excluding steroid dienone is 2. The molecule has 0 aliphatic heterocycles. The SMILES string of the molecule is CCCCCCCCC(C(C)=C=[N+]=[N-])=C(c1cc(CCCC)cc(CCCC)c1)c1cc(CCCCCC)cc(CCCCCC)c1.CCCCC[CH2][Ni][CH2]CCCCC. The molecule has 0 saturated carbocycles.